The molecule has 3 N–H and O–H groups in total. The van der Waals surface area contributed by atoms with Gasteiger partial charge in [-0.15, -0.1) is 0 Å². The minimum atomic E-state index is -0.585. The first kappa shape index (κ1) is 12.3. The van der Waals surface area contributed by atoms with Crippen LogP contribution in [0.1, 0.15) is 15.9 Å². The summed E-state index contributed by atoms with van der Waals surface area (Å²) in [6.45, 7) is 0.432. The van der Waals surface area contributed by atoms with Gasteiger partial charge in [0.1, 0.15) is 17.1 Å². The van der Waals surface area contributed by atoms with Gasteiger partial charge >= 0.3 is 5.97 Å². The monoisotopic (exact) mass is 225 g/mol. The van der Waals surface area contributed by atoms with Gasteiger partial charge in [0.05, 0.1) is 14.2 Å². The van der Waals surface area contributed by atoms with Crippen LogP contribution in [0.15, 0.2) is 12.1 Å². The van der Waals surface area contributed by atoms with Crippen molar-refractivity contribution in [2.75, 3.05) is 20.8 Å². The van der Waals surface area contributed by atoms with E-state index >= 15 is 0 Å². The van der Waals surface area contributed by atoms with E-state index in [1.54, 1.807) is 0 Å². The maximum atomic E-state index is 11.3. The number of esters is 1. The highest BCUT2D eigenvalue weighted by molar-refractivity contribution is 5.92. The maximum absolute atomic E-state index is 11.3. The highest BCUT2D eigenvalue weighted by Crippen LogP contribution is 2.28. The fraction of sp³-hybridized carbons (Fsp3) is 0.364. The van der Waals surface area contributed by atoms with Crippen LogP contribution >= 0.6 is 0 Å². The summed E-state index contributed by atoms with van der Waals surface area (Å²) >= 11 is 0. The Balaban J connectivity index is 3.21. The van der Waals surface area contributed by atoms with Crippen molar-refractivity contribution in [3.63, 3.8) is 0 Å². The number of rotatable bonds is 4. The number of methoxy groups -OCH3 is 2. The second kappa shape index (κ2) is 5.37. The molecule has 0 radical (unpaired) electrons. The summed E-state index contributed by atoms with van der Waals surface area (Å²) < 4.78 is 9.63. The molecule has 0 bridgehead atoms. The smallest absolute Gasteiger partial charge is 0.341 e. The summed E-state index contributed by atoms with van der Waals surface area (Å²) in [7, 11) is 2.75. The van der Waals surface area contributed by atoms with Crippen LogP contribution in [0, 0.1) is 0 Å². The molecule has 0 atom stereocenters. The number of phenols is 1. The van der Waals surface area contributed by atoms with Crippen molar-refractivity contribution >= 4 is 5.97 Å². The molecule has 16 heavy (non-hydrogen) atoms. The lowest BCUT2D eigenvalue weighted by Gasteiger charge is -2.11. The number of hydrogen-bond acceptors (Lipinski definition) is 5. The van der Waals surface area contributed by atoms with Gasteiger partial charge in [-0.25, -0.2) is 4.79 Å². The van der Waals surface area contributed by atoms with E-state index in [0.29, 0.717) is 18.7 Å². The molecule has 1 aromatic carbocycles. The minimum absolute atomic E-state index is 0.117. The summed E-state index contributed by atoms with van der Waals surface area (Å²) in [5.41, 5.74) is 6.33. The van der Waals surface area contributed by atoms with Crippen molar-refractivity contribution in [3.8, 4) is 11.5 Å². The molecule has 1 rings (SSSR count). The van der Waals surface area contributed by atoms with Crippen molar-refractivity contribution in [1.82, 2.24) is 0 Å². The Bertz CT molecular complexity index is 390. The lowest BCUT2D eigenvalue weighted by atomic mass is 10.1. The normalized spacial score (nSPS) is 9.94. The van der Waals surface area contributed by atoms with E-state index in [4.69, 9.17) is 10.5 Å². The third-order valence-corrected chi connectivity index (χ3v) is 2.22. The SMILES string of the molecule is COC(=O)c1cc(CCN)c(OC)cc1O. The second-order valence-corrected chi connectivity index (χ2v) is 3.21. The number of benzene rings is 1. The Labute approximate surface area is 93.8 Å². The standard InChI is InChI=1S/C11H15NO4/c1-15-10-6-9(13)8(11(14)16-2)5-7(10)3-4-12/h5-6,13H,3-4,12H2,1-2H3. The molecule has 0 fully saturated rings. The molecule has 5 nitrogen and oxygen atoms in total. The quantitative estimate of drug-likeness (QED) is 0.737. The molecule has 1 aromatic rings. The zero-order valence-electron chi connectivity index (χ0n) is 9.32. The molecule has 0 spiro atoms. The van der Waals surface area contributed by atoms with Crippen LogP contribution in [0.2, 0.25) is 0 Å². The van der Waals surface area contributed by atoms with Crippen molar-refractivity contribution < 1.29 is 19.4 Å². The third-order valence-electron chi connectivity index (χ3n) is 2.22. The Morgan fingerprint density at radius 3 is 2.62 bits per heavy atom. The van der Waals surface area contributed by atoms with E-state index in [1.165, 1.54) is 26.4 Å². The number of hydrogen-bond donors (Lipinski definition) is 2. The van der Waals surface area contributed by atoms with Gasteiger partial charge < -0.3 is 20.3 Å². The van der Waals surface area contributed by atoms with Crippen LogP contribution in [-0.2, 0) is 11.2 Å². The first-order valence-electron chi connectivity index (χ1n) is 4.82. The summed E-state index contributed by atoms with van der Waals surface area (Å²) in [5.74, 6) is -0.238. The van der Waals surface area contributed by atoms with Gasteiger partial charge in [0, 0.05) is 6.07 Å². The predicted octanol–water partition coefficient (Wildman–Crippen LogP) is 0.689. The van der Waals surface area contributed by atoms with Crippen molar-refractivity contribution in [1.29, 1.82) is 0 Å². The Kier molecular flexibility index (Phi) is 4.13. The zero-order chi connectivity index (χ0) is 12.1. The number of carbonyl (C=O) groups is 1. The van der Waals surface area contributed by atoms with E-state index < -0.39 is 5.97 Å². The van der Waals surface area contributed by atoms with Crippen molar-refractivity contribution in [2.24, 2.45) is 5.73 Å². The average molecular weight is 225 g/mol. The van der Waals surface area contributed by atoms with Crippen molar-refractivity contribution in [3.05, 3.63) is 23.3 Å². The molecule has 0 aliphatic heterocycles. The van der Waals surface area contributed by atoms with E-state index in [2.05, 4.69) is 4.74 Å². The topological polar surface area (TPSA) is 81.8 Å². The van der Waals surface area contributed by atoms with Crippen molar-refractivity contribution in [2.45, 2.75) is 6.42 Å². The Morgan fingerprint density at radius 2 is 2.12 bits per heavy atom. The Morgan fingerprint density at radius 1 is 1.44 bits per heavy atom. The van der Waals surface area contributed by atoms with Gasteiger partial charge in [-0.1, -0.05) is 0 Å². The molecule has 0 aromatic heterocycles. The molecule has 0 amide bonds. The number of carbonyl (C=O) groups excluding carboxylic acids is 1. The van der Waals surface area contributed by atoms with Crippen LogP contribution in [0.3, 0.4) is 0 Å². The highest BCUT2D eigenvalue weighted by atomic mass is 16.5. The molecular formula is C11H15NO4. The van der Waals surface area contributed by atoms with Gasteiger partial charge in [0.15, 0.2) is 0 Å². The highest BCUT2D eigenvalue weighted by Gasteiger charge is 2.15. The summed E-state index contributed by atoms with van der Waals surface area (Å²) in [4.78, 5) is 11.3. The molecule has 88 valence electrons. The maximum Gasteiger partial charge on any atom is 0.341 e. The van der Waals surface area contributed by atoms with Gasteiger partial charge in [-0.2, -0.15) is 0 Å². The summed E-state index contributed by atoms with van der Waals surface area (Å²) in [6, 6.07) is 2.92. The van der Waals surface area contributed by atoms with Crippen LogP contribution in [0.5, 0.6) is 11.5 Å². The van der Waals surface area contributed by atoms with E-state index in [0.717, 1.165) is 5.56 Å². The lowest BCUT2D eigenvalue weighted by molar-refractivity contribution is 0.0597. The second-order valence-electron chi connectivity index (χ2n) is 3.21. The molecular weight excluding hydrogens is 210 g/mol. The first-order valence-corrected chi connectivity index (χ1v) is 4.82. The van der Waals surface area contributed by atoms with E-state index in [1.807, 2.05) is 0 Å². The third kappa shape index (κ3) is 2.43. The zero-order valence-corrected chi connectivity index (χ0v) is 9.32. The molecule has 0 unspecified atom stereocenters. The van der Waals surface area contributed by atoms with Gasteiger partial charge in [-0.3, -0.25) is 0 Å². The molecule has 0 aliphatic carbocycles. The van der Waals surface area contributed by atoms with Gasteiger partial charge in [0.25, 0.3) is 0 Å². The summed E-state index contributed by atoms with van der Waals surface area (Å²) in [6.07, 6.45) is 0.563. The van der Waals surface area contributed by atoms with Crippen LogP contribution in [-0.4, -0.2) is 31.8 Å². The summed E-state index contributed by atoms with van der Waals surface area (Å²) in [5, 5.41) is 9.60. The number of nitrogens with two attached hydrogens (primary N) is 1. The predicted molar refractivity (Wildman–Crippen MR) is 58.8 cm³/mol. The van der Waals surface area contributed by atoms with E-state index in [9.17, 15) is 9.90 Å². The van der Waals surface area contributed by atoms with Gasteiger partial charge in [0.2, 0.25) is 0 Å². The molecule has 0 saturated heterocycles. The van der Waals surface area contributed by atoms with Crippen LogP contribution in [0.4, 0.5) is 0 Å². The fourth-order valence-electron chi connectivity index (χ4n) is 1.43. The minimum Gasteiger partial charge on any atom is -0.507 e. The molecule has 0 saturated carbocycles. The fourth-order valence-corrected chi connectivity index (χ4v) is 1.43. The number of ether oxygens (including phenoxy) is 2. The average Bonchev–Trinajstić information content (AvgIpc) is 2.30. The number of aromatic hydroxyl groups is 1. The van der Waals surface area contributed by atoms with Crippen LogP contribution in [0.25, 0.3) is 0 Å². The molecule has 0 aliphatic rings. The van der Waals surface area contributed by atoms with Gasteiger partial charge in [-0.05, 0) is 24.6 Å². The van der Waals surface area contributed by atoms with Crippen LogP contribution < -0.4 is 10.5 Å². The van der Waals surface area contributed by atoms with E-state index in [-0.39, 0.29) is 11.3 Å². The number of phenolic OH excluding ortho intramolecular Hbond substituents is 1. The Hall–Kier alpha value is -1.75. The molecule has 5 heteroatoms. The largest absolute Gasteiger partial charge is 0.507 e. The molecule has 0 heterocycles. The lowest BCUT2D eigenvalue weighted by Crippen LogP contribution is -2.07. The first-order chi connectivity index (χ1) is 7.63.